The van der Waals surface area contributed by atoms with Gasteiger partial charge in [0.05, 0.1) is 13.2 Å². The largest absolute Gasteiger partial charge is 0.480 e. The maximum absolute atomic E-state index is 12.3. The molecule has 3 unspecified atom stereocenters. The third-order valence-corrected chi connectivity index (χ3v) is 7.02. The first kappa shape index (κ1) is 38.2. The monoisotopic (exact) mass is 593 g/mol. The number of aliphatic carboxylic acids is 1. The minimum atomic E-state index is -4.67. The van der Waals surface area contributed by atoms with Crippen molar-refractivity contribution >= 4 is 25.7 Å². The molecule has 0 bridgehead atoms. The van der Waals surface area contributed by atoms with E-state index in [4.69, 9.17) is 24.8 Å². The summed E-state index contributed by atoms with van der Waals surface area (Å²) in [6, 6.07) is -1.51. The van der Waals surface area contributed by atoms with Crippen molar-refractivity contribution in [3.05, 3.63) is 12.2 Å². The molecule has 4 N–H and O–H groups in total. The van der Waals surface area contributed by atoms with Crippen LogP contribution in [0.25, 0.3) is 0 Å². The molecule has 0 saturated carbocycles. The van der Waals surface area contributed by atoms with Crippen LogP contribution in [0, 0.1) is 0 Å². The van der Waals surface area contributed by atoms with Crippen molar-refractivity contribution in [3.8, 4) is 0 Å². The van der Waals surface area contributed by atoms with Gasteiger partial charge < -0.3 is 25.2 Å². The first-order valence-corrected chi connectivity index (χ1v) is 16.2. The van der Waals surface area contributed by atoms with Gasteiger partial charge in [-0.3, -0.25) is 23.4 Å². The van der Waals surface area contributed by atoms with Crippen LogP contribution in [0.5, 0.6) is 0 Å². The minimum Gasteiger partial charge on any atom is -0.480 e. The molecule has 234 valence electrons. The number of allylic oxidation sites excluding steroid dienone is 2. The van der Waals surface area contributed by atoms with Gasteiger partial charge in [0.2, 0.25) is 0 Å². The van der Waals surface area contributed by atoms with Crippen LogP contribution in [-0.2, 0) is 37.5 Å². The Morgan fingerprint density at radius 2 is 1.30 bits per heavy atom. The van der Waals surface area contributed by atoms with E-state index in [0.717, 1.165) is 38.5 Å². The highest BCUT2D eigenvalue weighted by atomic mass is 31.2. The Morgan fingerprint density at radius 3 is 1.85 bits per heavy atom. The molecule has 0 saturated heterocycles. The standard InChI is InChI=1S/C28H52NO10P/c1-3-5-6-7-8-9-10-11-12-13-14-15-16-17-18-19-20-27(31)39-24(21-36-26(30)4-2)22-37-40(34,35)38-23-25(29)28(32)33/h12-13,24-25H,3-11,14-23,29H2,1-2H3,(H,32,33)(H,34,35)/b13-12-. The lowest BCUT2D eigenvalue weighted by atomic mass is 10.1. The SMILES string of the molecule is CCCCCCCCC/C=C\CCCCCCCC(=O)OC(COC(=O)CC)COP(=O)(O)OCC(N)C(=O)O. The van der Waals surface area contributed by atoms with Crippen molar-refractivity contribution < 1.29 is 47.5 Å². The number of carboxylic acid groups (broad SMARTS) is 1. The molecule has 0 aliphatic heterocycles. The van der Waals surface area contributed by atoms with Gasteiger partial charge in [0, 0.05) is 12.8 Å². The summed E-state index contributed by atoms with van der Waals surface area (Å²) in [5.41, 5.74) is 5.23. The van der Waals surface area contributed by atoms with E-state index in [0.29, 0.717) is 6.42 Å². The summed E-state index contributed by atoms with van der Waals surface area (Å²) >= 11 is 0. The summed E-state index contributed by atoms with van der Waals surface area (Å²) in [5, 5.41) is 8.73. The average molecular weight is 594 g/mol. The van der Waals surface area contributed by atoms with Crippen LogP contribution in [0.3, 0.4) is 0 Å². The smallest absolute Gasteiger partial charge is 0.472 e. The molecular weight excluding hydrogens is 541 g/mol. The summed E-state index contributed by atoms with van der Waals surface area (Å²) in [4.78, 5) is 44.2. The zero-order chi connectivity index (χ0) is 30.1. The van der Waals surface area contributed by atoms with Crippen molar-refractivity contribution in [3.63, 3.8) is 0 Å². The van der Waals surface area contributed by atoms with E-state index in [9.17, 15) is 23.8 Å². The molecule has 12 heteroatoms. The molecule has 40 heavy (non-hydrogen) atoms. The van der Waals surface area contributed by atoms with Crippen LogP contribution in [0.15, 0.2) is 12.2 Å². The van der Waals surface area contributed by atoms with Gasteiger partial charge in [-0.2, -0.15) is 0 Å². The van der Waals surface area contributed by atoms with Crippen LogP contribution in [0.4, 0.5) is 0 Å². The van der Waals surface area contributed by atoms with Crippen LogP contribution in [-0.4, -0.2) is 59.9 Å². The Kier molecular flexibility index (Phi) is 23.9. The van der Waals surface area contributed by atoms with E-state index in [1.807, 2.05) is 0 Å². The lowest BCUT2D eigenvalue weighted by Crippen LogP contribution is -2.34. The number of carbonyl (C=O) groups is 3. The van der Waals surface area contributed by atoms with E-state index < -0.39 is 51.1 Å². The summed E-state index contributed by atoms with van der Waals surface area (Å²) in [6.07, 6.45) is 19.9. The molecule has 0 heterocycles. The average Bonchev–Trinajstić information content (AvgIpc) is 2.92. The van der Waals surface area contributed by atoms with Gasteiger partial charge in [-0.15, -0.1) is 0 Å². The molecule has 0 fully saturated rings. The number of carbonyl (C=O) groups excluding carboxylic acids is 2. The predicted molar refractivity (Wildman–Crippen MR) is 153 cm³/mol. The number of rotatable bonds is 27. The quantitative estimate of drug-likeness (QED) is 0.0453. The Hall–Kier alpha value is -1.78. The van der Waals surface area contributed by atoms with Gasteiger partial charge in [-0.25, -0.2) is 4.57 Å². The van der Waals surface area contributed by atoms with Crippen LogP contribution >= 0.6 is 7.82 Å². The number of hydrogen-bond donors (Lipinski definition) is 3. The maximum Gasteiger partial charge on any atom is 0.472 e. The first-order chi connectivity index (χ1) is 19.1. The molecule has 0 aromatic rings. The van der Waals surface area contributed by atoms with Crippen molar-refractivity contribution in [1.29, 1.82) is 0 Å². The molecular formula is C28H52NO10P. The fourth-order valence-electron chi connectivity index (χ4n) is 3.63. The fourth-order valence-corrected chi connectivity index (χ4v) is 4.40. The molecule has 0 aromatic heterocycles. The molecule has 0 amide bonds. The molecule has 0 rings (SSSR count). The van der Waals surface area contributed by atoms with E-state index >= 15 is 0 Å². The summed E-state index contributed by atoms with van der Waals surface area (Å²) < 4.78 is 31.6. The van der Waals surface area contributed by atoms with Crippen molar-refractivity contribution in [2.75, 3.05) is 19.8 Å². The van der Waals surface area contributed by atoms with Crippen molar-refractivity contribution in [2.24, 2.45) is 5.73 Å². The highest BCUT2D eigenvalue weighted by Crippen LogP contribution is 2.43. The number of phosphoric ester groups is 1. The predicted octanol–water partition coefficient (Wildman–Crippen LogP) is 5.82. The van der Waals surface area contributed by atoms with Gasteiger partial charge in [0.1, 0.15) is 12.6 Å². The Balaban J connectivity index is 4.13. The lowest BCUT2D eigenvalue weighted by molar-refractivity contribution is -0.161. The number of phosphoric acid groups is 1. The highest BCUT2D eigenvalue weighted by Gasteiger charge is 2.28. The van der Waals surface area contributed by atoms with E-state index in [1.54, 1.807) is 6.92 Å². The summed E-state index contributed by atoms with van der Waals surface area (Å²) in [7, 11) is -4.67. The van der Waals surface area contributed by atoms with Crippen molar-refractivity contribution in [2.45, 2.75) is 129 Å². The van der Waals surface area contributed by atoms with Gasteiger partial charge in [0.25, 0.3) is 0 Å². The zero-order valence-electron chi connectivity index (χ0n) is 24.4. The first-order valence-electron chi connectivity index (χ1n) is 14.7. The molecule has 0 spiro atoms. The highest BCUT2D eigenvalue weighted by molar-refractivity contribution is 7.47. The second-order valence-electron chi connectivity index (χ2n) is 9.84. The third-order valence-electron chi connectivity index (χ3n) is 6.07. The Bertz CT molecular complexity index is 761. The normalized spacial score (nSPS) is 14.5. The molecule has 0 aliphatic rings. The number of ether oxygens (including phenoxy) is 2. The number of carboxylic acids is 1. The number of unbranched alkanes of at least 4 members (excludes halogenated alkanes) is 12. The Morgan fingerprint density at radius 1 is 0.775 bits per heavy atom. The molecule has 0 aliphatic carbocycles. The Labute approximate surface area is 239 Å². The summed E-state index contributed by atoms with van der Waals surface area (Å²) in [5.74, 6) is -2.50. The third kappa shape index (κ3) is 24.1. The van der Waals surface area contributed by atoms with Gasteiger partial charge in [-0.1, -0.05) is 83.8 Å². The van der Waals surface area contributed by atoms with Crippen LogP contribution in [0.1, 0.15) is 117 Å². The van der Waals surface area contributed by atoms with E-state index in [-0.39, 0.29) is 19.4 Å². The van der Waals surface area contributed by atoms with E-state index in [2.05, 4.69) is 23.6 Å². The topological polar surface area (TPSA) is 172 Å². The lowest BCUT2D eigenvalue weighted by Gasteiger charge is -2.20. The second kappa shape index (κ2) is 25.0. The zero-order valence-corrected chi connectivity index (χ0v) is 25.3. The van der Waals surface area contributed by atoms with Gasteiger partial charge >= 0.3 is 25.7 Å². The number of esters is 2. The van der Waals surface area contributed by atoms with Crippen LogP contribution < -0.4 is 5.73 Å². The summed E-state index contributed by atoms with van der Waals surface area (Å²) in [6.45, 7) is 2.12. The number of nitrogens with two attached hydrogens (primary N) is 1. The molecule has 0 aromatic carbocycles. The maximum atomic E-state index is 12.3. The number of hydrogen-bond acceptors (Lipinski definition) is 9. The fraction of sp³-hybridized carbons (Fsp3) is 0.821. The molecule has 0 radical (unpaired) electrons. The minimum absolute atomic E-state index is 0.102. The molecule has 3 atom stereocenters. The molecule has 11 nitrogen and oxygen atoms in total. The van der Waals surface area contributed by atoms with Crippen LogP contribution in [0.2, 0.25) is 0 Å². The van der Waals surface area contributed by atoms with Crippen molar-refractivity contribution in [1.82, 2.24) is 0 Å². The van der Waals surface area contributed by atoms with E-state index in [1.165, 1.54) is 44.9 Å². The second-order valence-corrected chi connectivity index (χ2v) is 11.3. The van der Waals surface area contributed by atoms with Gasteiger partial charge in [-0.05, 0) is 32.1 Å². The van der Waals surface area contributed by atoms with Gasteiger partial charge in [0.15, 0.2) is 6.10 Å².